The number of aromatic nitrogens is 2. The number of carbonyl (C=O) groups is 1. The fourth-order valence-electron chi connectivity index (χ4n) is 3.15. The van der Waals surface area contributed by atoms with Crippen LogP contribution in [-0.2, 0) is 0 Å². The van der Waals surface area contributed by atoms with Gasteiger partial charge >= 0.3 is 0 Å². The van der Waals surface area contributed by atoms with Crippen molar-refractivity contribution in [2.45, 2.75) is 19.8 Å². The predicted molar refractivity (Wildman–Crippen MR) is 110 cm³/mol. The van der Waals surface area contributed by atoms with Crippen molar-refractivity contribution in [1.29, 1.82) is 0 Å². The Bertz CT molecular complexity index is 759. The van der Waals surface area contributed by atoms with Gasteiger partial charge in [0, 0.05) is 62.9 Å². The number of anilines is 2. The number of nitrogens with zero attached hydrogens (tertiary/aromatic N) is 5. The van der Waals surface area contributed by atoms with Crippen LogP contribution in [-0.4, -0.2) is 60.5 Å². The van der Waals surface area contributed by atoms with E-state index < -0.39 is 0 Å². The first kappa shape index (κ1) is 19.4. The number of amides is 1. The van der Waals surface area contributed by atoms with Crippen molar-refractivity contribution in [2.24, 2.45) is 0 Å². The van der Waals surface area contributed by atoms with Crippen molar-refractivity contribution in [3.8, 4) is 0 Å². The van der Waals surface area contributed by atoms with Gasteiger partial charge in [-0.05, 0) is 24.6 Å². The van der Waals surface area contributed by atoms with Gasteiger partial charge in [-0.2, -0.15) is 0 Å². The summed E-state index contributed by atoms with van der Waals surface area (Å²) in [6, 6.07) is 7.93. The van der Waals surface area contributed by atoms with Crippen molar-refractivity contribution in [2.75, 3.05) is 49.6 Å². The first-order valence-corrected chi connectivity index (χ1v) is 9.79. The SMILES string of the molecule is CCCCN(C)C(=O)c1cnc(N2CCN(c3cccc(Cl)c3)CC2)nc1. The first-order valence-electron chi connectivity index (χ1n) is 9.41. The number of piperazine rings is 1. The molecule has 27 heavy (non-hydrogen) atoms. The Morgan fingerprint density at radius 1 is 1.15 bits per heavy atom. The molecule has 1 saturated heterocycles. The van der Waals surface area contributed by atoms with E-state index in [0.717, 1.165) is 56.3 Å². The largest absolute Gasteiger partial charge is 0.368 e. The van der Waals surface area contributed by atoms with Crippen LogP contribution in [0.3, 0.4) is 0 Å². The summed E-state index contributed by atoms with van der Waals surface area (Å²) >= 11 is 6.09. The fraction of sp³-hybridized carbons (Fsp3) is 0.450. The molecule has 1 aliphatic heterocycles. The van der Waals surface area contributed by atoms with E-state index in [4.69, 9.17) is 11.6 Å². The molecule has 2 heterocycles. The third kappa shape index (κ3) is 4.89. The van der Waals surface area contributed by atoms with Gasteiger partial charge in [-0.3, -0.25) is 4.79 Å². The van der Waals surface area contributed by atoms with Crippen LogP contribution < -0.4 is 9.80 Å². The van der Waals surface area contributed by atoms with Crippen LogP contribution in [0.2, 0.25) is 5.02 Å². The number of benzene rings is 1. The van der Waals surface area contributed by atoms with Crippen molar-refractivity contribution >= 4 is 29.1 Å². The first-order chi connectivity index (χ1) is 13.1. The van der Waals surface area contributed by atoms with Gasteiger partial charge < -0.3 is 14.7 Å². The summed E-state index contributed by atoms with van der Waals surface area (Å²) < 4.78 is 0. The summed E-state index contributed by atoms with van der Waals surface area (Å²) in [6.07, 6.45) is 5.33. The van der Waals surface area contributed by atoms with Crippen LogP contribution in [0.5, 0.6) is 0 Å². The normalized spacial score (nSPS) is 14.3. The minimum atomic E-state index is -0.0271. The highest BCUT2D eigenvalue weighted by Crippen LogP contribution is 2.21. The molecular weight excluding hydrogens is 362 g/mol. The minimum absolute atomic E-state index is 0.0271. The molecule has 1 aromatic heterocycles. The van der Waals surface area contributed by atoms with Crippen LogP contribution in [0.4, 0.5) is 11.6 Å². The summed E-state index contributed by atoms with van der Waals surface area (Å²) in [5, 5.41) is 0.752. The number of hydrogen-bond donors (Lipinski definition) is 0. The third-order valence-electron chi connectivity index (χ3n) is 4.81. The second kappa shape index (κ2) is 9.04. The maximum absolute atomic E-state index is 12.4. The maximum atomic E-state index is 12.4. The van der Waals surface area contributed by atoms with Crippen LogP contribution in [0, 0.1) is 0 Å². The molecule has 1 aromatic carbocycles. The molecule has 1 aliphatic rings. The van der Waals surface area contributed by atoms with E-state index >= 15 is 0 Å². The second-order valence-electron chi connectivity index (χ2n) is 6.81. The Morgan fingerprint density at radius 2 is 1.81 bits per heavy atom. The van der Waals surface area contributed by atoms with Crippen molar-refractivity contribution < 1.29 is 4.79 Å². The lowest BCUT2D eigenvalue weighted by Gasteiger charge is -2.36. The van der Waals surface area contributed by atoms with E-state index in [2.05, 4.69) is 32.8 Å². The number of unbranched alkanes of at least 4 members (excludes halogenated alkanes) is 1. The number of rotatable bonds is 6. The zero-order chi connectivity index (χ0) is 19.2. The lowest BCUT2D eigenvalue weighted by atomic mass is 10.2. The van der Waals surface area contributed by atoms with Crippen LogP contribution >= 0.6 is 11.6 Å². The Labute approximate surface area is 165 Å². The highest BCUT2D eigenvalue weighted by atomic mass is 35.5. The summed E-state index contributed by atoms with van der Waals surface area (Å²) in [5.74, 6) is 0.647. The van der Waals surface area contributed by atoms with Gasteiger partial charge in [-0.15, -0.1) is 0 Å². The molecule has 0 radical (unpaired) electrons. The monoisotopic (exact) mass is 387 g/mol. The maximum Gasteiger partial charge on any atom is 0.256 e. The molecule has 6 nitrogen and oxygen atoms in total. The van der Waals surface area contributed by atoms with E-state index in [1.807, 2.05) is 25.2 Å². The Balaban J connectivity index is 1.58. The Hall–Kier alpha value is -2.34. The lowest BCUT2D eigenvalue weighted by molar-refractivity contribution is 0.0792. The Morgan fingerprint density at radius 3 is 2.44 bits per heavy atom. The van der Waals surface area contributed by atoms with E-state index in [1.54, 1.807) is 17.3 Å². The number of carbonyl (C=O) groups excluding carboxylic acids is 1. The zero-order valence-electron chi connectivity index (χ0n) is 15.9. The van der Waals surface area contributed by atoms with Gasteiger partial charge in [-0.25, -0.2) is 9.97 Å². The highest BCUT2D eigenvalue weighted by molar-refractivity contribution is 6.30. The molecule has 2 aromatic rings. The van der Waals surface area contributed by atoms with Crippen molar-refractivity contribution in [3.05, 3.63) is 47.2 Å². The van der Waals surface area contributed by atoms with Gasteiger partial charge in [0.15, 0.2) is 0 Å². The molecule has 0 aliphatic carbocycles. The molecule has 3 rings (SSSR count). The van der Waals surface area contributed by atoms with Crippen molar-refractivity contribution in [3.63, 3.8) is 0 Å². The van der Waals surface area contributed by atoms with Gasteiger partial charge in [0.2, 0.25) is 5.95 Å². The Kier molecular flexibility index (Phi) is 6.50. The average Bonchev–Trinajstić information content (AvgIpc) is 2.71. The quantitative estimate of drug-likeness (QED) is 0.761. The molecule has 0 saturated carbocycles. The number of hydrogen-bond acceptors (Lipinski definition) is 5. The summed E-state index contributed by atoms with van der Waals surface area (Å²) in [6.45, 7) is 6.28. The lowest BCUT2D eigenvalue weighted by Crippen LogP contribution is -2.47. The van der Waals surface area contributed by atoms with Gasteiger partial charge in [-0.1, -0.05) is 31.0 Å². The van der Waals surface area contributed by atoms with Crippen LogP contribution in [0.1, 0.15) is 30.1 Å². The van der Waals surface area contributed by atoms with E-state index in [0.29, 0.717) is 11.5 Å². The molecular formula is C20H26ClN5O. The van der Waals surface area contributed by atoms with E-state index in [-0.39, 0.29) is 5.91 Å². The highest BCUT2D eigenvalue weighted by Gasteiger charge is 2.20. The van der Waals surface area contributed by atoms with Crippen LogP contribution in [0.25, 0.3) is 0 Å². The standard InChI is InChI=1S/C20H26ClN5O/c1-3-4-8-24(2)19(27)16-14-22-20(23-15-16)26-11-9-25(10-12-26)18-7-5-6-17(21)13-18/h5-7,13-15H,3-4,8-12H2,1-2H3. The molecule has 0 unspecified atom stereocenters. The number of halogens is 1. The molecule has 0 bridgehead atoms. The summed E-state index contributed by atoms with van der Waals surface area (Å²) in [7, 11) is 1.82. The minimum Gasteiger partial charge on any atom is -0.368 e. The predicted octanol–water partition coefficient (Wildman–Crippen LogP) is 3.33. The average molecular weight is 388 g/mol. The van der Waals surface area contributed by atoms with E-state index in [9.17, 15) is 4.79 Å². The van der Waals surface area contributed by atoms with E-state index in [1.165, 1.54) is 0 Å². The van der Waals surface area contributed by atoms with Gasteiger partial charge in [0.1, 0.15) is 0 Å². The third-order valence-corrected chi connectivity index (χ3v) is 5.05. The summed E-state index contributed by atoms with van der Waals surface area (Å²) in [4.78, 5) is 27.4. The molecule has 1 fully saturated rings. The van der Waals surface area contributed by atoms with Crippen LogP contribution in [0.15, 0.2) is 36.7 Å². The topological polar surface area (TPSA) is 52.6 Å². The molecule has 0 atom stereocenters. The fourth-order valence-corrected chi connectivity index (χ4v) is 3.33. The molecule has 144 valence electrons. The zero-order valence-corrected chi connectivity index (χ0v) is 16.7. The molecule has 0 spiro atoms. The smallest absolute Gasteiger partial charge is 0.256 e. The summed E-state index contributed by atoms with van der Waals surface area (Å²) in [5.41, 5.74) is 1.68. The molecule has 7 heteroatoms. The van der Waals surface area contributed by atoms with Gasteiger partial charge in [0.25, 0.3) is 5.91 Å². The van der Waals surface area contributed by atoms with Gasteiger partial charge in [0.05, 0.1) is 5.56 Å². The van der Waals surface area contributed by atoms with Crippen molar-refractivity contribution in [1.82, 2.24) is 14.9 Å². The second-order valence-corrected chi connectivity index (χ2v) is 7.24. The molecule has 1 amide bonds. The molecule has 0 N–H and O–H groups in total.